The Bertz CT molecular complexity index is 1350. The number of thioether (sulfide) groups is 1. The highest BCUT2D eigenvalue weighted by molar-refractivity contribution is 7.98. The Morgan fingerprint density at radius 2 is 1.94 bits per heavy atom. The fourth-order valence-electron chi connectivity index (χ4n) is 3.37. The first-order valence-electron chi connectivity index (χ1n) is 10.4. The fourth-order valence-corrected chi connectivity index (χ4v) is 5.36. The summed E-state index contributed by atoms with van der Waals surface area (Å²) in [5.41, 5.74) is 4.55. The van der Waals surface area contributed by atoms with Gasteiger partial charge in [-0.25, -0.2) is 31.4 Å². The third-order valence-electron chi connectivity index (χ3n) is 5.15. The van der Waals surface area contributed by atoms with Crippen LogP contribution in [-0.2, 0) is 25.7 Å². The number of carboxylic acids is 1. The number of aromatic nitrogens is 1. The standard InChI is InChI=1S/C21H25FN4O6S3/c1-33-11-8-19(21(27)28)25-26(34(29)30)10-9-24-35(31,32)16-5-2-14(3-6-16)18-13-23-20-12-15(22)4-7-17(18)20/h2-7,12-13,19,23-25,34H,8-11H2,1H3,(H,27,28)/t19-/m0/s1. The van der Waals surface area contributed by atoms with Gasteiger partial charge in [-0.2, -0.15) is 11.8 Å². The predicted octanol–water partition coefficient (Wildman–Crippen LogP) is 1.79. The average Bonchev–Trinajstić information content (AvgIpc) is 3.23. The number of rotatable bonds is 13. The van der Waals surface area contributed by atoms with Gasteiger partial charge >= 0.3 is 5.97 Å². The Balaban J connectivity index is 1.65. The second-order valence-corrected chi connectivity index (χ2v) is 11.2. The first-order valence-corrected chi connectivity index (χ1v) is 14.4. The lowest BCUT2D eigenvalue weighted by Gasteiger charge is -2.21. The predicted molar refractivity (Wildman–Crippen MR) is 133 cm³/mol. The number of hydrogen-bond acceptors (Lipinski definition) is 7. The lowest BCUT2D eigenvalue weighted by Crippen LogP contribution is -2.50. The van der Waals surface area contributed by atoms with Gasteiger partial charge in [-0.3, -0.25) is 4.79 Å². The minimum Gasteiger partial charge on any atom is -0.480 e. The zero-order valence-corrected chi connectivity index (χ0v) is 21.1. The molecule has 35 heavy (non-hydrogen) atoms. The molecule has 1 heterocycles. The first kappa shape index (κ1) is 27.1. The Kier molecular flexibility index (Phi) is 9.27. The number of aliphatic carboxylic acids is 1. The van der Waals surface area contributed by atoms with E-state index >= 15 is 0 Å². The lowest BCUT2D eigenvalue weighted by atomic mass is 10.1. The smallest absolute Gasteiger partial charge is 0.322 e. The molecule has 4 N–H and O–H groups in total. The molecule has 1 atom stereocenters. The second kappa shape index (κ2) is 12.0. The number of halogens is 1. The number of hydrogen-bond donors (Lipinski definition) is 5. The van der Waals surface area contributed by atoms with Gasteiger partial charge in [0.1, 0.15) is 11.9 Å². The van der Waals surface area contributed by atoms with Crippen LogP contribution in [0.25, 0.3) is 22.0 Å². The molecule has 0 amide bonds. The van der Waals surface area contributed by atoms with Gasteiger partial charge in [0.15, 0.2) is 0 Å². The number of hydrazine groups is 1. The topological polar surface area (TPSA) is 149 Å². The van der Waals surface area contributed by atoms with Crippen LogP contribution >= 0.6 is 11.8 Å². The minimum absolute atomic E-state index is 0.0264. The van der Waals surface area contributed by atoms with Crippen molar-refractivity contribution in [1.82, 2.24) is 19.5 Å². The zero-order chi connectivity index (χ0) is 25.6. The van der Waals surface area contributed by atoms with Crippen molar-refractivity contribution in [2.24, 2.45) is 0 Å². The van der Waals surface area contributed by atoms with E-state index in [4.69, 9.17) is 0 Å². The monoisotopic (exact) mass is 544 g/mol. The van der Waals surface area contributed by atoms with Crippen LogP contribution in [0.1, 0.15) is 6.42 Å². The van der Waals surface area contributed by atoms with Gasteiger partial charge in [0.25, 0.3) is 0 Å². The summed E-state index contributed by atoms with van der Waals surface area (Å²) in [7, 11) is -7.14. The molecule has 0 aliphatic carbocycles. The number of thiol groups is 1. The number of nitrogens with one attached hydrogen (secondary N) is 3. The summed E-state index contributed by atoms with van der Waals surface area (Å²) in [6.07, 6.45) is 3.70. The van der Waals surface area contributed by atoms with E-state index in [1.165, 1.54) is 36.0 Å². The number of sulfonamides is 1. The van der Waals surface area contributed by atoms with Crippen molar-refractivity contribution in [3.8, 4) is 11.1 Å². The van der Waals surface area contributed by atoms with Crippen molar-refractivity contribution < 1.29 is 31.1 Å². The Morgan fingerprint density at radius 1 is 1.23 bits per heavy atom. The number of H-pyrrole nitrogens is 1. The second-order valence-electron chi connectivity index (χ2n) is 7.48. The van der Waals surface area contributed by atoms with Crippen molar-refractivity contribution in [1.29, 1.82) is 0 Å². The first-order chi connectivity index (χ1) is 16.6. The molecule has 0 saturated heterocycles. The summed E-state index contributed by atoms with van der Waals surface area (Å²) in [6, 6.07) is 9.28. The van der Waals surface area contributed by atoms with Crippen LogP contribution in [0.3, 0.4) is 0 Å². The molecule has 0 bridgehead atoms. The van der Waals surface area contributed by atoms with Crippen LogP contribution < -0.4 is 10.1 Å². The maximum absolute atomic E-state index is 13.4. The third kappa shape index (κ3) is 7.02. The van der Waals surface area contributed by atoms with Crippen LogP contribution in [0.2, 0.25) is 0 Å². The minimum atomic E-state index is -3.95. The highest BCUT2D eigenvalue weighted by atomic mass is 32.2. The summed E-state index contributed by atoms with van der Waals surface area (Å²) >= 11 is 1.42. The Labute approximate surface area is 208 Å². The highest BCUT2D eigenvalue weighted by Crippen LogP contribution is 2.29. The van der Waals surface area contributed by atoms with Crippen LogP contribution in [-0.4, -0.2) is 68.4 Å². The summed E-state index contributed by atoms with van der Waals surface area (Å²) in [5, 5.41) is 10.1. The Hall–Kier alpha value is -2.49. The molecule has 10 nitrogen and oxygen atoms in total. The van der Waals surface area contributed by atoms with Crippen LogP contribution in [0.15, 0.2) is 53.6 Å². The fraction of sp³-hybridized carbons (Fsp3) is 0.286. The van der Waals surface area contributed by atoms with Crippen LogP contribution in [0.5, 0.6) is 0 Å². The maximum atomic E-state index is 13.4. The third-order valence-corrected chi connectivity index (χ3v) is 7.98. The van der Waals surface area contributed by atoms with E-state index in [2.05, 4.69) is 15.1 Å². The molecule has 3 rings (SSSR count). The van der Waals surface area contributed by atoms with Crippen molar-refractivity contribution in [3.05, 3.63) is 54.5 Å². The molecule has 2 aromatic carbocycles. The number of aromatic amines is 1. The molecule has 0 fully saturated rings. The van der Waals surface area contributed by atoms with Gasteiger partial charge in [0, 0.05) is 35.8 Å². The molecule has 14 heteroatoms. The van der Waals surface area contributed by atoms with Crippen LogP contribution in [0.4, 0.5) is 4.39 Å². The van der Waals surface area contributed by atoms with Gasteiger partial charge in [0.05, 0.1) is 4.90 Å². The lowest BCUT2D eigenvalue weighted by molar-refractivity contribution is -0.140. The zero-order valence-electron chi connectivity index (χ0n) is 18.6. The van der Waals surface area contributed by atoms with E-state index in [1.54, 1.807) is 30.7 Å². The van der Waals surface area contributed by atoms with E-state index in [-0.39, 0.29) is 30.2 Å². The van der Waals surface area contributed by atoms with E-state index in [0.717, 1.165) is 16.5 Å². The molecule has 3 aromatic rings. The van der Waals surface area contributed by atoms with Gasteiger partial charge in [0.2, 0.25) is 20.9 Å². The SMILES string of the molecule is CSCC[C@H](NN(CCNS(=O)(=O)c1ccc(-c2c[nH]c3cc(F)ccc23)cc1)[SH](=O)=O)C(=O)O. The molecule has 0 spiro atoms. The number of fused-ring (bicyclic) bond motifs is 1. The molecule has 0 saturated carbocycles. The van der Waals surface area contributed by atoms with Gasteiger partial charge in [-0.15, -0.1) is 4.41 Å². The van der Waals surface area contributed by atoms with E-state index < -0.39 is 32.9 Å². The largest absolute Gasteiger partial charge is 0.480 e. The summed E-state index contributed by atoms with van der Waals surface area (Å²) in [6.45, 7) is -0.575. The summed E-state index contributed by atoms with van der Waals surface area (Å²) in [5.74, 6) is -1.07. The van der Waals surface area contributed by atoms with Crippen molar-refractivity contribution in [2.75, 3.05) is 25.1 Å². The average molecular weight is 545 g/mol. The number of carboxylic acid groups (broad SMARTS) is 1. The van der Waals surface area contributed by atoms with Crippen molar-refractivity contribution >= 4 is 49.5 Å². The molecule has 1 aromatic heterocycles. The molecular formula is C21H25FN4O6S3. The number of benzene rings is 2. The number of nitrogens with zero attached hydrogens (tertiary/aromatic N) is 1. The van der Waals surface area contributed by atoms with Crippen molar-refractivity contribution in [3.63, 3.8) is 0 Å². The molecular weight excluding hydrogens is 519 g/mol. The highest BCUT2D eigenvalue weighted by Gasteiger charge is 2.22. The van der Waals surface area contributed by atoms with Crippen molar-refractivity contribution in [2.45, 2.75) is 17.4 Å². The van der Waals surface area contributed by atoms with Gasteiger partial charge in [-0.1, -0.05) is 12.1 Å². The van der Waals surface area contributed by atoms with E-state index in [1.807, 2.05) is 0 Å². The van der Waals surface area contributed by atoms with E-state index in [0.29, 0.717) is 15.7 Å². The Morgan fingerprint density at radius 3 is 2.57 bits per heavy atom. The summed E-state index contributed by atoms with van der Waals surface area (Å²) < 4.78 is 64.8. The normalized spacial score (nSPS) is 13.0. The quantitative estimate of drug-likeness (QED) is 0.162. The van der Waals surface area contributed by atoms with Gasteiger partial charge < -0.3 is 10.1 Å². The maximum Gasteiger partial charge on any atom is 0.322 e. The molecule has 190 valence electrons. The molecule has 0 radical (unpaired) electrons. The molecule has 0 unspecified atom stereocenters. The van der Waals surface area contributed by atoms with E-state index in [9.17, 15) is 31.1 Å². The van der Waals surface area contributed by atoms with Gasteiger partial charge in [-0.05, 0) is 54.3 Å². The molecule has 0 aliphatic rings. The van der Waals surface area contributed by atoms with Crippen LogP contribution in [0, 0.1) is 5.82 Å². The number of carbonyl (C=O) groups is 1. The molecule has 0 aliphatic heterocycles. The summed E-state index contributed by atoms with van der Waals surface area (Å²) in [4.78, 5) is 14.3.